The molecule has 0 amide bonds. The Morgan fingerprint density at radius 2 is 2.08 bits per heavy atom. The fourth-order valence-electron chi connectivity index (χ4n) is 3.90. The van der Waals surface area contributed by atoms with Crippen LogP contribution >= 0.6 is 0 Å². The molecule has 0 N–H and O–H groups in total. The van der Waals surface area contributed by atoms with Crippen LogP contribution in [0.15, 0.2) is 12.2 Å². The molecule has 0 spiro atoms. The molecular formula is C21H38O4. The average Bonchev–Trinajstić information content (AvgIpc) is 2.60. The van der Waals surface area contributed by atoms with E-state index in [1.165, 1.54) is 20.0 Å². The summed E-state index contributed by atoms with van der Waals surface area (Å²) >= 11 is 0. The second kappa shape index (κ2) is 11.0. The first-order chi connectivity index (χ1) is 11.9. The number of esters is 1. The van der Waals surface area contributed by atoms with Gasteiger partial charge in [-0.25, -0.2) is 9.78 Å². The van der Waals surface area contributed by atoms with E-state index in [-0.39, 0.29) is 30.0 Å². The molecular weight excluding hydrogens is 316 g/mol. The molecule has 0 radical (unpaired) electrons. The average molecular weight is 355 g/mol. The van der Waals surface area contributed by atoms with Crippen LogP contribution in [0.4, 0.5) is 0 Å². The summed E-state index contributed by atoms with van der Waals surface area (Å²) in [5.41, 5.74) is -0.238. The molecule has 2 unspecified atom stereocenters. The summed E-state index contributed by atoms with van der Waals surface area (Å²) in [6, 6.07) is 0. The van der Waals surface area contributed by atoms with Crippen molar-refractivity contribution in [3.63, 3.8) is 0 Å². The molecule has 0 aromatic rings. The minimum absolute atomic E-state index is 0.210. The summed E-state index contributed by atoms with van der Waals surface area (Å²) in [7, 11) is 1.41. The van der Waals surface area contributed by atoms with Crippen LogP contribution in [0.1, 0.15) is 79.6 Å². The lowest BCUT2D eigenvalue weighted by molar-refractivity contribution is -0.423. The summed E-state index contributed by atoms with van der Waals surface area (Å²) in [5, 5.41) is 0. The van der Waals surface area contributed by atoms with Crippen molar-refractivity contribution in [1.82, 2.24) is 0 Å². The van der Waals surface area contributed by atoms with Crippen LogP contribution in [0.3, 0.4) is 0 Å². The molecule has 1 rings (SSSR count). The zero-order valence-corrected chi connectivity index (χ0v) is 17.0. The van der Waals surface area contributed by atoms with E-state index in [2.05, 4.69) is 46.8 Å². The molecule has 0 aliphatic carbocycles. The van der Waals surface area contributed by atoms with E-state index >= 15 is 0 Å². The molecule has 1 heterocycles. The Balaban J connectivity index is 2.62. The van der Waals surface area contributed by atoms with Gasteiger partial charge in [0.1, 0.15) is 11.7 Å². The fourth-order valence-corrected chi connectivity index (χ4v) is 3.90. The molecule has 0 aromatic carbocycles. The Hall–Kier alpha value is -0.870. The lowest BCUT2D eigenvalue weighted by Gasteiger charge is -2.43. The van der Waals surface area contributed by atoms with Crippen molar-refractivity contribution in [1.29, 1.82) is 0 Å². The fraction of sp³-hybridized carbons (Fsp3) is 0.857. The zero-order chi connectivity index (χ0) is 18.9. The Labute approximate surface area is 154 Å². The molecule has 1 aliphatic heterocycles. The molecule has 0 aromatic heterocycles. The first-order valence-corrected chi connectivity index (χ1v) is 9.97. The molecule has 4 heteroatoms. The SMILES string of the molecule is CC/C=C/C(CC)CC(C)C[C@]1(CC)C[C@H](C)[C@H](CC(=O)OC)OO1. The number of hydrogen-bond acceptors (Lipinski definition) is 4. The molecule has 1 fully saturated rings. The van der Waals surface area contributed by atoms with E-state index in [4.69, 9.17) is 14.5 Å². The van der Waals surface area contributed by atoms with Gasteiger partial charge in [-0.05, 0) is 56.3 Å². The molecule has 0 bridgehead atoms. The van der Waals surface area contributed by atoms with Gasteiger partial charge in [0.15, 0.2) is 0 Å². The Morgan fingerprint density at radius 1 is 1.36 bits per heavy atom. The van der Waals surface area contributed by atoms with Gasteiger partial charge in [-0.3, -0.25) is 4.79 Å². The third-order valence-electron chi connectivity index (χ3n) is 5.51. The molecule has 1 saturated heterocycles. The zero-order valence-electron chi connectivity index (χ0n) is 17.0. The van der Waals surface area contributed by atoms with E-state index in [1.807, 2.05) is 0 Å². The predicted molar refractivity (Wildman–Crippen MR) is 101 cm³/mol. The maximum atomic E-state index is 11.5. The monoisotopic (exact) mass is 354 g/mol. The second-order valence-corrected chi connectivity index (χ2v) is 7.77. The van der Waals surface area contributed by atoms with Gasteiger partial charge in [0.2, 0.25) is 0 Å². The van der Waals surface area contributed by atoms with Crippen LogP contribution in [-0.4, -0.2) is 24.8 Å². The van der Waals surface area contributed by atoms with Crippen LogP contribution in [0.25, 0.3) is 0 Å². The maximum Gasteiger partial charge on any atom is 0.308 e. The van der Waals surface area contributed by atoms with E-state index in [1.54, 1.807) is 0 Å². The summed E-state index contributed by atoms with van der Waals surface area (Å²) in [6.07, 6.45) is 11.0. The Bertz CT molecular complexity index is 420. The van der Waals surface area contributed by atoms with Crippen molar-refractivity contribution in [2.75, 3.05) is 7.11 Å². The highest BCUT2D eigenvalue weighted by molar-refractivity contribution is 5.69. The topological polar surface area (TPSA) is 44.8 Å². The van der Waals surface area contributed by atoms with Crippen molar-refractivity contribution in [2.45, 2.75) is 91.3 Å². The Kier molecular flexibility index (Phi) is 9.73. The molecule has 5 atom stereocenters. The van der Waals surface area contributed by atoms with E-state index < -0.39 is 0 Å². The molecule has 146 valence electrons. The first-order valence-electron chi connectivity index (χ1n) is 9.97. The third kappa shape index (κ3) is 7.10. The number of allylic oxidation sites excluding steroid dienone is 2. The number of methoxy groups -OCH3 is 1. The standard InChI is InChI=1S/C21H38O4/c1-7-10-11-18(8-2)12-16(4)14-21(9-3)15-17(5)19(24-25-21)13-20(22)23-6/h10-11,16-19H,7-9,12-15H2,1-6H3/b11-10+/t16?,17-,18?,19-,21+/m0/s1. The minimum Gasteiger partial charge on any atom is -0.469 e. The summed E-state index contributed by atoms with van der Waals surface area (Å²) in [4.78, 5) is 23.0. The molecule has 0 saturated carbocycles. The lowest BCUT2D eigenvalue weighted by Crippen LogP contribution is -2.45. The van der Waals surface area contributed by atoms with Crippen molar-refractivity contribution in [3.05, 3.63) is 12.2 Å². The summed E-state index contributed by atoms with van der Waals surface area (Å²) < 4.78 is 4.75. The maximum absolute atomic E-state index is 11.5. The van der Waals surface area contributed by atoms with Crippen molar-refractivity contribution >= 4 is 5.97 Å². The normalized spacial score (nSPS) is 29.5. The second-order valence-electron chi connectivity index (χ2n) is 7.77. The van der Waals surface area contributed by atoms with E-state index in [0.29, 0.717) is 11.8 Å². The van der Waals surface area contributed by atoms with Gasteiger partial charge < -0.3 is 4.74 Å². The highest BCUT2D eigenvalue weighted by Crippen LogP contribution is 2.40. The van der Waals surface area contributed by atoms with Gasteiger partial charge in [-0.1, -0.05) is 46.8 Å². The lowest BCUT2D eigenvalue weighted by atomic mass is 9.77. The van der Waals surface area contributed by atoms with Crippen molar-refractivity contribution in [2.24, 2.45) is 17.8 Å². The van der Waals surface area contributed by atoms with Gasteiger partial charge in [-0.15, -0.1) is 0 Å². The first kappa shape index (κ1) is 22.2. The minimum atomic E-state index is -0.244. The number of rotatable bonds is 10. The van der Waals surface area contributed by atoms with Crippen LogP contribution in [-0.2, 0) is 19.3 Å². The van der Waals surface area contributed by atoms with Crippen molar-refractivity contribution < 1.29 is 19.3 Å². The van der Waals surface area contributed by atoms with Gasteiger partial charge in [0.05, 0.1) is 13.5 Å². The van der Waals surface area contributed by atoms with Crippen LogP contribution < -0.4 is 0 Å². The quantitative estimate of drug-likeness (QED) is 0.297. The van der Waals surface area contributed by atoms with Crippen LogP contribution in [0.5, 0.6) is 0 Å². The number of carbonyl (C=O) groups is 1. The smallest absolute Gasteiger partial charge is 0.308 e. The van der Waals surface area contributed by atoms with Gasteiger partial charge >= 0.3 is 5.97 Å². The van der Waals surface area contributed by atoms with Crippen LogP contribution in [0.2, 0.25) is 0 Å². The Morgan fingerprint density at radius 3 is 2.60 bits per heavy atom. The molecule has 25 heavy (non-hydrogen) atoms. The largest absolute Gasteiger partial charge is 0.469 e. The number of hydrogen-bond donors (Lipinski definition) is 0. The van der Waals surface area contributed by atoms with E-state index in [9.17, 15) is 4.79 Å². The summed E-state index contributed by atoms with van der Waals surface area (Å²) in [5.74, 6) is 1.24. The van der Waals surface area contributed by atoms with Gasteiger partial charge in [0, 0.05) is 0 Å². The van der Waals surface area contributed by atoms with Crippen LogP contribution in [0, 0.1) is 17.8 Å². The molecule has 4 nitrogen and oxygen atoms in total. The van der Waals surface area contributed by atoms with Gasteiger partial charge in [0.25, 0.3) is 0 Å². The molecule has 1 aliphatic rings. The highest BCUT2D eigenvalue weighted by Gasteiger charge is 2.42. The number of carbonyl (C=O) groups excluding carboxylic acids is 1. The third-order valence-corrected chi connectivity index (χ3v) is 5.51. The summed E-state index contributed by atoms with van der Waals surface area (Å²) in [6.45, 7) is 11.1. The predicted octanol–water partition coefficient (Wildman–Crippen LogP) is 5.46. The highest BCUT2D eigenvalue weighted by atomic mass is 17.2. The number of ether oxygens (including phenoxy) is 1. The van der Waals surface area contributed by atoms with Crippen molar-refractivity contribution in [3.8, 4) is 0 Å². The van der Waals surface area contributed by atoms with Gasteiger partial charge in [-0.2, -0.15) is 0 Å². The van der Waals surface area contributed by atoms with E-state index in [0.717, 1.165) is 25.7 Å².